The Morgan fingerprint density at radius 2 is 1.76 bits per heavy atom. The van der Waals surface area contributed by atoms with Gasteiger partial charge in [0.05, 0.1) is 11.3 Å². The summed E-state index contributed by atoms with van der Waals surface area (Å²) < 4.78 is 57.9. The number of sulfonamides is 1. The van der Waals surface area contributed by atoms with Crippen LogP contribution in [-0.2, 0) is 19.6 Å². The second kappa shape index (κ2) is 8.45. The quantitative estimate of drug-likeness (QED) is 0.624. The lowest BCUT2D eigenvalue weighted by molar-refractivity contribution is -0.192. The molecule has 3 aliphatic rings. The number of nitriles is 1. The maximum atomic E-state index is 12.8. The van der Waals surface area contributed by atoms with Gasteiger partial charge in [0.2, 0.25) is 15.9 Å². The van der Waals surface area contributed by atoms with Gasteiger partial charge in [-0.25, -0.2) is 17.5 Å². The number of piperidine rings is 1. The number of carboxylic acids is 1. The summed E-state index contributed by atoms with van der Waals surface area (Å²) in [7, 11) is -1.24. The van der Waals surface area contributed by atoms with Crippen molar-refractivity contribution >= 4 is 21.9 Å². The van der Waals surface area contributed by atoms with Crippen molar-refractivity contribution in [1.82, 2.24) is 14.1 Å². The van der Waals surface area contributed by atoms with Crippen LogP contribution >= 0.6 is 0 Å². The predicted octanol–water partition coefficient (Wildman–Crippen LogP) is 0.244. The van der Waals surface area contributed by atoms with E-state index in [4.69, 9.17) is 15.2 Å². The number of halogens is 3. The zero-order chi connectivity index (χ0) is 22.0. The molecule has 2 aliphatic heterocycles. The minimum Gasteiger partial charge on any atom is -0.475 e. The van der Waals surface area contributed by atoms with Crippen LogP contribution in [0.3, 0.4) is 0 Å². The Morgan fingerprint density at radius 1 is 1.24 bits per heavy atom. The summed E-state index contributed by atoms with van der Waals surface area (Å²) in [6.07, 6.45) is -2.54. The summed E-state index contributed by atoms with van der Waals surface area (Å²) in [5, 5.41) is 15.8. The number of aliphatic carboxylic acids is 1. The van der Waals surface area contributed by atoms with Crippen molar-refractivity contribution in [2.75, 3.05) is 39.8 Å². The van der Waals surface area contributed by atoms with Gasteiger partial charge in [-0.05, 0) is 32.7 Å². The fraction of sp³-hybridized carbons (Fsp3) is 0.812. The van der Waals surface area contributed by atoms with Crippen molar-refractivity contribution in [2.24, 2.45) is 0 Å². The molecule has 0 unspecified atom stereocenters. The molecule has 0 atom stereocenters. The van der Waals surface area contributed by atoms with Gasteiger partial charge in [-0.1, -0.05) is 0 Å². The van der Waals surface area contributed by atoms with Crippen molar-refractivity contribution in [3.8, 4) is 6.07 Å². The molecule has 2 saturated heterocycles. The minimum atomic E-state index is -5.08. The fourth-order valence-electron chi connectivity index (χ4n) is 3.56. The van der Waals surface area contributed by atoms with Crippen LogP contribution in [0, 0.1) is 11.3 Å². The number of rotatable bonds is 3. The molecule has 2 heterocycles. The van der Waals surface area contributed by atoms with Crippen LogP contribution in [0.2, 0.25) is 0 Å². The SMILES string of the molecule is CN1CCN(CC#N)C(=O)C12CCN(S(=O)(=O)C1CC1)CC2.O=C(O)C(F)(F)F. The lowest BCUT2D eigenvalue weighted by Gasteiger charge is -2.50. The Balaban J connectivity index is 0.000000370. The van der Waals surface area contributed by atoms with Gasteiger partial charge in [0.25, 0.3) is 0 Å². The Morgan fingerprint density at radius 3 is 2.17 bits per heavy atom. The molecule has 1 aliphatic carbocycles. The van der Waals surface area contributed by atoms with Crippen molar-refractivity contribution in [3.63, 3.8) is 0 Å². The van der Waals surface area contributed by atoms with E-state index in [1.54, 1.807) is 9.21 Å². The lowest BCUT2D eigenvalue weighted by atomic mass is 9.83. The maximum Gasteiger partial charge on any atom is 0.490 e. The van der Waals surface area contributed by atoms with E-state index in [9.17, 15) is 26.4 Å². The van der Waals surface area contributed by atoms with Gasteiger partial charge in [0.1, 0.15) is 12.1 Å². The molecule has 3 fully saturated rings. The van der Waals surface area contributed by atoms with Crippen LogP contribution in [0.15, 0.2) is 0 Å². The molecule has 0 aromatic rings. The van der Waals surface area contributed by atoms with Gasteiger partial charge < -0.3 is 10.0 Å². The highest BCUT2D eigenvalue weighted by molar-refractivity contribution is 7.90. The molecular weight excluding hydrogens is 417 g/mol. The second-order valence-corrected chi connectivity index (χ2v) is 9.50. The molecular formula is C16H23F3N4O5S. The third-order valence-electron chi connectivity index (χ3n) is 5.48. The molecule has 1 saturated carbocycles. The maximum absolute atomic E-state index is 12.8. The Bertz CT molecular complexity index is 783. The number of hydrogen-bond acceptors (Lipinski definition) is 6. The summed E-state index contributed by atoms with van der Waals surface area (Å²) >= 11 is 0. The van der Waals surface area contributed by atoms with E-state index in [2.05, 4.69) is 0 Å². The first kappa shape index (κ1) is 23.4. The summed E-state index contributed by atoms with van der Waals surface area (Å²) in [6, 6.07) is 2.04. The average molecular weight is 440 g/mol. The van der Waals surface area contributed by atoms with Gasteiger partial charge in [-0.2, -0.15) is 18.4 Å². The molecule has 29 heavy (non-hydrogen) atoms. The van der Waals surface area contributed by atoms with Gasteiger partial charge in [-0.3, -0.25) is 9.69 Å². The average Bonchev–Trinajstić information content (AvgIpc) is 3.48. The number of likely N-dealkylation sites (N-methyl/N-ethyl adjacent to an activating group) is 1. The molecule has 9 nitrogen and oxygen atoms in total. The summed E-state index contributed by atoms with van der Waals surface area (Å²) in [5.41, 5.74) is -0.634. The largest absolute Gasteiger partial charge is 0.490 e. The Hall–Kier alpha value is -1.91. The number of carboxylic acid groups (broad SMARTS) is 1. The van der Waals surface area contributed by atoms with Crippen LogP contribution < -0.4 is 0 Å². The molecule has 1 amide bonds. The lowest BCUT2D eigenvalue weighted by Crippen LogP contribution is -2.68. The zero-order valence-corrected chi connectivity index (χ0v) is 16.7. The molecule has 0 aromatic carbocycles. The topological polar surface area (TPSA) is 122 Å². The van der Waals surface area contributed by atoms with E-state index in [0.717, 1.165) is 19.4 Å². The third-order valence-corrected chi connectivity index (χ3v) is 7.88. The fourth-order valence-corrected chi connectivity index (χ4v) is 5.41. The minimum absolute atomic E-state index is 0.0220. The van der Waals surface area contributed by atoms with Crippen LogP contribution in [-0.4, -0.2) is 96.2 Å². The highest BCUT2D eigenvalue weighted by Crippen LogP contribution is 2.37. The molecule has 0 aromatic heterocycles. The Kier molecular flexibility index (Phi) is 6.81. The Labute approximate surface area is 166 Å². The summed E-state index contributed by atoms with van der Waals surface area (Å²) in [6.45, 7) is 2.20. The number of piperazine rings is 1. The van der Waals surface area contributed by atoms with E-state index in [1.807, 2.05) is 18.0 Å². The van der Waals surface area contributed by atoms with Gasteiger partial charge >= 0.3 is 12.1 Å². The van der Waals surface area contributed by atoms with E-state index in [0.29, 0.717) is 32.5 Å². The smallest absolute Gasteiger partial charge is 0.475 e. The number of carbonyl (C=O) groups is 2. The van der Waals surface area contributed by atoms with E-state index in [1.165, 1.54) is 0 Å². The normalized spacial score (nSPS) is 23.3. The third kappa shape index (κ3) is 4.99. The number of alkyl halides is 3. The van der Waals surface area contributed by atoms with Crippen molar-refractivity contribution in [2.45, 2.75) is 42.6 Å². The van der Waals surface area contributed by atoms with Gasteiger partial charge in [0.15, 0.2) is 0 Å². The van der Waals surface area contributed by atoms with Crippen molar-refractivity contribution < 1.29 is 36.3 Å². The van der Waals surface area contributed by atoms with E-state index >= 15 is 0 Å². The van der Waals surface area contributed by atoms with Crippen LogP contribution in [0.25, 0.3) is 0 Å². The molecule has 0 radical (unpaired) electrons. The number of hydrogen-bond donors (Lipinski definition) is 1. The second-order valence-electron chi connectivity index (χ2n) is 7.28. The number of amides is 1. The van der Waals surface area contributed by atoms with Crippen molar-refractivity contribution in [1.29, 1.82) is 5.26 Å². The molecule has 0 bridgehead atoms. The van der Waals surface area contributed by atoms with E-state index < -0.39 is 27.7 Å². The van der Waals surface area contributed by atoms with Crippen LogP contribution in [0.5, 0.6) is 0 Å². The monoisotopic (exact) mass is 440 g/mol. The zero-order valence-electron chi connectivity index (χ0n) is 15.9. The number of nitrogens with zero attached hydrogens (tertiary/aromatic N) is 4. The molecule has 1 spiro atoms. The first-order chi connectivity index (χ1) is 13.4. The van der Waals surface area contributed by atoms with Crippen LogP contribution in [0.4, 0.5) is 13.2 Å². The summed E-state index contributed by atoms with van der Waals surface area (Å²) in [4.78, 5) is 25.3. The van der Waals surface area contributed by atoms with Gasteiger partial charge in [-0.15, -0.1) is 0 Å². The molecule has 164 valence electrons. The van der Waals surface area contributed by atoms with Crippen LogP contribution in [0.1, 0.15) is 25.7 Å². The van der Waals surface area contributed by atoms with Crippen molar-refractivity contribution in [3.05, 3.63) is 0 Å². The highest BCUT2D eigenvalue weighted by atomic mass is 32.2. The molecule has 3 rings (SSSR count). The highest BCUT2D eigenvalue weighted by Gasteiger charge is 2.51. The first-order valence-corrected chi connectivity index (χ1v) is 10.5. The predicted molar refractivity (Wildman–Crippen MR) is 94.0 cm³/mol. The number of carbonyl (C=O) groups excluding carboxylic acids is 1. The molecule has 13 heteroatoms. The first-order valence-electron chi connectivity index (χ1n) is 9.03. The summed E-state index contributed by atoms with van der Waals surface area (Å²) in [5.74, 6) is -2.78. The van der Waals surface area contributed by atoms with Gasteiger partial charge in [0, 0.05) is 26.2 Å². The standard InChI is InChI=1S/C14H22N4O3S.C2HF3O2/c1-16-10-11-17(9-6-15)13(19)14(16)4-7-18(8-5-14)22(20,21)12-2-3-12;3-2(4,5)1(6)7/h12H,2-5,7-11H2,1H3;(H,6,7). The molecule has 1 N–H and O–H groups in total. The van der Waals surface area contributed by atoms with E-state index in [-0.39, 0.29) is 17.7 Å².